The predicted octanol–water partition coefficient (Wildman–Crippen LogP) is 2.24. The number of hydrogen-bond donors (Lipinski definition) is 2. The lowest BCUT2D eigenvalue weighted by atomic mass is 10.00. The Balaban J connectivity index is 3.33. The van der Waals surface area contributed by atoms with E-state index < -0.39 is 5.82 Å². The average molecular weight is 169 g/mol. The van der Waals surface area contributed by atoms with E-state index in [1.165, 1.54) is 6.07 Å². The van der Waals surface area contributed by atoms with Crippen LogP contribution in [0.3, 0.4) is 0 Å². The highest BCUT2D eigenvalue weighted by Gasteiger charge is 2.12. The summed E-state index contributed by atoms with van der Waals surface area (Å²) in [6.07, 6.45) is 0. The van der Waals surface area contributed by atoms with Crippen LogP contribution in [0.5, 0.6) is 5.75 Å². The van der Waals surface area contributed by atoms with Crippen molar-refractivity contribution >= 4 is 5.69 Å². The summed E-state index contributed by atoms with van der Waals surface area (Å²) >= 11 is 0. The summed E-state index contributed by atoms with van der Waals surface area (Å²) < 4.78 is 12.9. The normalized spacial score (nSPS) is 10.7. The predicted molar refractivity (Wildman–Crippen MR) is 46.6 cm³/mol. The first-order valence-corrected chi connectivity index (χ1v) is 3.81. The maximum Gasteiger partial charge on any atom is 0.146 e. The van der Waals surface area contributed by atoms with Crippen molar-refractivity contribution in [2.24, 2.45) is 0 Å². The number of rotatable bonds is 1. The molecule has 0 radical (unpaired) electrons. The SMILES string of the molecule is CC(C)c1c(O)ccc(F)c1N. The Kier molecular flexibility index (Phi) is 2.22. The molecule has 2 nitrogen and oxygen atoms in total. The van der Waals surface area contributed by atoms with Gasteiger partial charge in [-0.3, -0.25) is 0 Å². The molecular weight excluding hydrogens is 157 g/mol. The monoisotopic (exact) mass is 169 g/mol. The van der Waals surface area contributed by atoms with Crippen molar-refractivity contribution in [1.29, 1.82) is 0 Å². The van der Waals surface area contributed by atoms with E-state index in [9.17, 15) is 9.50 Å². The molecule has 0 fully saturated rings. The van der Waals surface area contributed by atoms with Crippen LogP contribution in [0.2, 0.25) is 0 Å². The first kappa shape index (κ1) is 8.84. The molecule has 1 aromatic carbocycles. The number of anilines is 1. The zero-order valence-electron chi connectivity index (χ0n) is 7.13. The van der Waals surface area contributed by atoms with Crippen molar-refractivity contribution in [3.05, 3.63) is 23.5 Å². The summed E-state index contributed by atoms with van der Waals surface area (Å²) in [6.45, 7) is 3.70. The molecule has 0 saturated heterocycles. The molecule has 0 aromatic heterocycles. The Morgan fingerprint density at radius 3 is 2.42 bits per heavy atom. The van der Waals surface area contributed by atoms with Gasteiger partial charge in [0, 0.05) is 5.56 Å². The lowest BCUT2D eigenvalue weighted by Crippen LogP contribution is -1.99. The highest BCUT2D eigenvalue weighted by atomic mass is 19.1. The molecule has 3 N–H and O–H groups in total. The van der Waals surface area contributed by atoms with Crippen LogP contribution in [0.25, 0.3) is 0 Å². The Labute approximate surface area is 70.8 Å². The van der Waals surface area contributed by atoms with E-state index in [0.717, 1.165) is 6.07 Å². The molecule has 0 amide bonds. The van der Waals surface area contributed by atoms with Gasteiger partial charge in [0.1, 0.15) is 11.6 Å². The number of benzene rings is 1. The largest absolute Gasteiger partial charge is 0.508 e. The van der Waals surface area contributed by atoms with Crippen molar-refractivity contribution in [2.45, 2.75) is 19.8 Å². The summed E-state index contributed by atoms with van der Waals surface area (Å²) in [5.41, 5.74) is 5.98. The van der Waals surface area contributed by atoms with Crippen LogP contribution in [0, 0.1) is 5.82 Å². The molecule has 66 valence electrons. The zero-order chi connectivity index (χ0) is 9.30. The van der Waals surface area contributed by atoms with Crippen LogP contribution in [-0.2, 0) is 0 Å². The van der Waals surface area contributed by atoms with Crippen molar-refractivity contribution < 1.29 is 9.50 Å². The van der Waals surface area contributed by atoms with Crippen LogP contribution in [0.15, 0.2) is 12.1 Å². The third-order valence-electron chi connectivity index (χ3n) is 1.79. The number of aromatic hydroxyl groups is 1. The van der Waals surface area contributed by atoms with Gasteiger partial charge in [-0.15, -0.1) is 0 Å². The molecule has 0 bridgehead atoms. The van der Waals surface area contributed by atoms with Gasteiger partial charge in [-0.2, -0.15) is 0 Å². The molecule has 1 aromatic rings. The van der Waals surface area contributed by atoms with Crippen LogP contribution in [0.4, 0.5) is 10.1 Å². The van der Waals surface area contributed by atoms with Gasteiger partial charge in [0.15, 0.2) is 0 Å². The fourth-order valence-electron chi connectivity index (χ4n) is 1.21. The molecule has 12 heavy (non-hydrogen) atoms. The minimum atomic E-state index is -0.475. The molecule has 0 unspecified atom stereocenters. The van der Waals surface area contributed by atoms with Crippen molar-refractivity contribution in [1.82, 2.24) is 0 Å². The van der Waals surface area contributed by atoms with E-state index in [-0.39, 0.29) is 17.4 Å². The lowest BCUT2D eigenvalue weighted by molar-refractivity contribution is 0.463. The number of phenolic OH excluding ortho intramolecular Hbond substituents is 1. The average Bonchev–Trinajstić information content (AvgIpc) is 1.97. The molecule has 0 aliphatic carbocycles. The Bertz CT molecular complexity index is 297. The topological polar surface area (TPSA) is 46.2 Å². The Morgan fingerprint density at radius 1 is 1.42 bits per heavy atom. The summed E-state index contributed by atoms with van der Waals surface area (Å²) in [5, 5.41) is 9.34. The molecule has 0 spiro atoms. The second kappa shape index (κ2) is 3.01. The summed E-state index contributed by atoms with van der Waals surface area (Å²) in [7, 11) is 0. The summed E-state index contributed by atoms with van der Waals surface area (Å²) in [6, 6.07) is 2.48. The quantitative estimate of drug-likeness (QED) is 0.633. The fourth-order valence-corrected chi connectivity index (χ4v) is 1.21. The van der Waals surface area contributed by atoms with E-state index in [4.69, 9.17) is 5.73 Å². The highest BCUT2D eigenvalue weighted by molar-refractivity contribution is 5.56. The van der Waals surface area contributed by atoms with E-state index in [1.807, 2.05) is 13.8 Å². The summed E-state index contributed by atoms with van der Waals surface area (Å²) in [4.78, 5) is 0. The number of nitrogens with two attached hydrogens (primary N) is 1. The van der Waals surface area contributed by atoms with Crippen molar-refractivity contribution in [2.75, 3.05) is 5.73 Å². The lowest BCUT2D eigenvalue weighted by Gasteiger charge is -2.11. The van der Waals surface area contributed by atoms with Crippen molar-refractivity contribution in [3.63, 3.8) is 0 Å². The van der Waals surface area contributed by atoms with E-state index in [0.29, 0.717) is 5.56 Å². The van der Waals surface area contributed by atoms with Gasteiger partial charge in [0.2, 0.25) is 0 Å². The van der Waals surface area contributed by atoms with Gasteiger partial charge < -0.3 is 10.8 Å². The standard InChI is InChI=1S/C9H12FNO/c1-5(2)8-7(12)4-3-6(10)9(8)11/h3-5,12H,11H2,1-2H3. The van der Waals surface area contributed by atoms with E-state index in [2.05, 4.69) is 0 Å². The zero-order valence-corrected chi connectivity index (χ0v) is 7.13. The third-order valence-corrected chi connectivity index (χ3v) is 1.79. The summed E-state index contributed by atoms with van der Waals surface area (Å²) in [5.74, 6) is -0.388. The highest BCUT2D eigenvalue weighted by Crippen LogP contribution is 2.32. The van der Waals surface area contributed by atoms with Crippen LogP contribution < -0.4 is 5.73 Å². The van der Waals surface area contributed by atoms with Crippen LogP contribution >= 0.6 is 0 Å². The van der Waals surface area contributed by atoms with E-state index in [1.54, 1.807) is 0 Å². The van der Waals surface area contributed by atoms with E-state index >= 15 is 0 Å². The minimum Gasteiger partial charge on any atom is -0.508 e. The van der Waals surface area contributed by atoms with Gasteiger partial charge in [0.25, 0.3) is 0 Å². The minimum absolute atomic E-state index is 0.0284. The van der Waals surface area contributed by atoms with Gasteiger partial charge >= 0.3 is 0 Å². The Hall–Kier alpha value is -1.25. The molecule has 0 heterocycles. The maximum absolute atomic E-state index is 12.9. The first-order chi connectivity index (χ1) is 5.54. The second-order valence-corrected chi connectivity index (χ2v) is 3.05. The van der Waals surface area contributed by atoms with Crippen LogP contribution in [-0.4, -0.2) is 5.11 Å². The van der Waals surface area contributed by atoms with Gasteiger partial charge in [-0.1, -0.05) is 13.8 Å². The molecule has 1 rings (SSSR count). The second-order valence-electron chi connectivity index (χ2n) is 3.05. The van der Waals surface area contributed by atoms with Gasteiger partial charge in [-0.25, -0.2) is 4.39 Å². The smallest absolute Gasteiger partial charge is 0.146 e. The number of hydrogen-bond acceptors (Lipinski definition) is 2. The fraction of sp³-hybridized carbons (Fsp3) is 0.333. The Morgan fingerprint density at radius 2 is 2.00 bits per heavy atom. The third kappa shape index (κ3) is 1.35. The number of halogens is 1. The first-order valence-electron chi connectivity index (χ1n) is 3.81. The molecule has 3 heteroatoms. The number of phenols is 1. The van der Waals surface area contributed by atoms with Gasteiger partial charge in [-0.05, 0) is 18.1 Å². The van der Waals surface area contributed by atoms with Crippen LogP contribution in [0.1, 0.15) is 25.3 Å². The molecule has 0 aliphatic rings. The maximum atomic E-state index is 12.9. The number of nitrogen functional groups attached to an aromatic ring is 1. The molecule has 0 saturated carbocycles. The molecule has 0 atom stereocenters. The molecule has 0 aliphatic heterocycles. The van der Waals surface area contributed by atoms with Crippen molar-refractivity contribution in [3.8, 4) is 5.75 Å². The molecular formula is C9H12FNO. The van der Waals surface area contributed by atoms with Gasteiger partial charge in [0.05, 0.1) is 5.69 Å².